The van der Waals surface area contributed by atoms with Crippen LogP contribution < -0.4 is 10.3 Å². The van der Waals surface area contributed by atoms with Crippen LogP contribution in [0.2, 0.25) is 0 Å². The van der Waals surface area contributed by atoms with Crippen molar-refractivity contribution in [2.45, 2.75) is 161 Å². The molecule has 1 aromatic heterocycles. The SMILES string of the molecule is C=C.C=CC.CC.CCC(C)(C)C.CCc1c(C)nc(NN2CCCC(C)C2)c(-c2ccc3c(c2)CCN(CC2=C(C)CCC=C2C)C3)c1N1CCC(C)(C)CC1. The summed E-state index contributed by atoms with van der Waals surface area (Å²) in [7, 11) is 0. The fourth-order valence-corrected chi connectivity index (χ4v) is 8.13. The van der Waals surface area contributed by atoms with E-state index in [0.29, 0.717) is 16.7 Å². The van der Waals surface area contributed by atoms with Gasteiger partial charge in [0.1, 0.15) is 0 Å². The van der Waals surface area contributed by atoms with Gasteiger partial charge in [-0.25, -0.2) is 9.99 Å². The van der Waals surface area contributed by atoms with E-state index >= 15 is 0 Å². The highest BCUT2D eigenvalue weighted by atomic mass is 15.5. The van der Waals surface area contributed by atoms with Gasteiger partial charge in [-0.15, -0.1) is 19.7 Å². The zero-order valence-electron chi connectivity index (χ0n) is 39.7. The van der Waals surface area contributed by atoms with Crippen molar-refractivity contribution in [3.8, 4) is 11.1 Å². The molecule has 0 bridgehead atoms. The highest BCUT2D eigenvalue weighted by Crippen LogP contribution is 2.44. The number of hydrogen-bond acceptors (Lipinski definition) is 5. The molecule has 3 aliphatic heterocycles. The summed E-state index contributed by atoms with van der Waals surface area (Å²) >= 11 is 0. The molecule has 320 valence electrons. The van der Waals surface area contributed by atoms with E-state index in [2.05, 4.69) is 140 Å². The maximum absolute atomic E-state index is 5.33. The molecule has 0 saturated carbocycles. The Kier molecular flexibility index (Phi) is 21.1. The highest BCUT2D eigenvalue weighted by Gasteiger charge is 2.31. The summed E-state index contributed by atoms with van der Waals surface area (Å²) in [6.45, 7) is 48.2. The second-order valence-corrected chi connectivity index (χ2v) is 18.5. The average molecular weight is 782 g/mol. The van der Waals surface area contributed by atoms with Gasteiger partial charge in [-0.1, -0.05) is 117 Å². The van der Waals surface area contributed by atoms with Gasteiger partial charge in [0.25, 0.3) is 0 Å². The molecule has 1 aliphatic carbocycles. The van der Waals surface area contributed by atoms with Gasteiger partial charge >= 0.3 is 0 Å². The molecule has 4 heterocycles. The molecular formula is C52H87N5. The Bertz CT molecular complexity index is 1590. The van der Waals surface area contributed by atoms with Gasteiger partial charge in [-0.05, 0) is 124 Å². The summed E-state index contributed by atoms with van der Waals surface area (Å²) in [5, 5.41) is 2.43. The lowest BCUT2D eigenvalue weighted by Gasteiger charge is -2.41. The Morgan fingerprint density at radius 1 is 0.965 bits per heavy atom. The minimum absolute atomic E-state index is 0.411. The lowest BCUT2D eigenvalue weighted by Crippen LogP contribution is -2.40. The van der Waals surface area contributed by atoms with Gasteiger partial charge in [-0.2, -0.15) is 0 Å². The molecule has 1 N–H and O–H groups in total. The first-order valence-corrected chi connectivity index (χ1v) is 22.7. The second-order valence-electron chi connectivity index (χ2n) is 18.5. The maximum Gasteiger partial charge on any atom is 0.150 e. The first-order valence-electron chi connectivity index (χ1n) is 22.7. The lowest BCUT2D eigenvalue weighted by molar-refractivity contribution is 0.218. The Labute approximate surface area is 353 Å². The molecule has 6 rings (SSSR count). The average Bonchev–Trinajstić information content (AvgIpc) is 3.18. The fourth-order valence-electron chi connectivity index (χ4n) is 8.13. The Balaban J connectivity index is 0.000000762. The number of piperidine rings is 2. The molecule has 2 fully saturated rings. The molecule has 4 aliphatic rings. The third kappa shape index (κ3) is 14.9. The van der Waals surface area contributed by atoms with Gasteiger partial charge in [0.05, 0.1) is 5.69 Å². The summed E-state index contributed by atoms with van der Waals surface area (Å²) in [5.74, 6) is 1.76. The third-order valence-corrected chi connectivity index (χ3v) is 12.2. The normalized spacial score (nSPS) is 19.4. The van der Waals surface area contributed by atoms with E-state index in [1.165, 1.54) is 89.7 Å². The molecule has 5 heteroatoms. The zero-order chi connectivity index (χ0) is 42.9. The van der Waals surface area contributed by atoms with Crippen LogP contribution in [-0.4, -0.2) is 54.2 Å². The second kappa shape index (κ2) is 24.1. The van der Waals surface area contributed by atoms with E-state index in [1.807, 2.05) is 20.8 Å². The Morgan fingerprint density at radius 3 is 2.16 bits per heavy atom. The topological polar surface area (TPSA) is 34.6 Å². The predicted molar refractivity (Wildman–Crippen MR) is 256 cm³/mol. The Hall–Kier alpha value is -3.15. The van der Waals surface area contributed by atoms with Crippen LogP contribution in [-0.2, 0) is 19.4 Å². The molecule has 2 aromatic rings. The van der Waals surface area contributed by atoms with E-state index < -0.39 is 0 Å². The smallest absolute Gasteiger partial charge is 0.150 e. The number of hydrogen-bond donors (Lipinski definition) is 1. The van der Waals surface area contributed by atoms with Crippen LogP contribution in [0.15, 0.2) is 66.8 Å². The number of fused-ring (bicyclic) bond motifs is 1. The van der Waals surface area contributed by atoms with Crippen molar-refractivity contribution in [1.29, 1.82) is 0 Å². The number of hydrazine groups is 1. The molecule has 5 nitrogen and oxygen atoms in total. The quantitative estimate of drug-likeness (QED) is 0.283. The van der Waals surface area contributed by atoms with Crippen LogP contribution in [0.3, 0.4) is 0 Å². The minimum Gasteiger partial charge on any atom is -0.371 e. The van der Waals surface area contributed by atoms with E-state index in [0.717, 1.165) is 64.5 Å². The summed E-state index contributed by atoms with van der Waals surface area (Å²) < 4.78 is 0. The van der Waals surface area contributed by atoms with E-state index in [9.17, 15) is 0 Å². The largest absolute Gasteiger partial charge is 0.371 e. The molecule has 0 spiro atoms. The summed E-state index contributed by atoms with van der Waals surface area (Å²) in [6.07, 6.45) is 15.0. The van der Waals surface area contributed by atoms with Crippen molar-refractivity contribution >= 4 is 11.5 Å². The number of rotatable bonds is 7. The van der Waals surface area contributed by atoms with Crippen molar-refractivity contribution in [2.75, 3.05) is 49.6 Å². The van der Waals surface area contributed by atoms with E-state index in [4.69, 9.17) is 4.98 Å². The van der Waals surface area contributed by atoms with Crippen LogP contribution in [0.4, 0.5) is 11.5 Å². The van der Waals surface area contributed by atoms with Gasteiger partial charge in [-0.3, -0.25) is 4.90 Å². The zero-order valence-corrected chi connectivity index (χ0v) is 39.7. The number of allylic oxidation sites excluding steroid dienone is 3. The number of pyridine rings is 1. The van der Waals surface area contributed by atoms with Crippen molar-refractivity contribution in [1.82, 2.24) is 14.9 Å². The maximum atomic E-state index is 5.33. The third-order valence-electron chi connectivity index (χ3n) is 12.2. The van der Waals surface area contributed by atoms with Gasteiger partial charge in [0.15, 0.2) is 5.82 Å². The lowest BCUT2D eigenvalue weighted by atomic mass is 9.82. The number of nitrogens with zero attached hydrogens (tertiary/aromatic N) is 4. The molecule has 0 radical (unpaired) electrons. The van der Waals surface area contributed by atoms with Crippen LogP contribution in [0.1, 0.15) is 157 Å². The van der Waals surface area contributed by atoms with Crippen LogP contribution in [0.25, 0.3) is 11.1 Å². The van der Waals surface area contributed by atoms with Gasteiger partial charge < -0.3 is 10.3 Å². The number of nitrogens with one attached hydrogen (secondary N) is 1. The number of aryl methyl sites for hydroxylation is 1. The predicted octanol–water partition coefficient (Wildman–Crippen LogP) is 14.2. The molecule has 57 heavy (non-hydrogen) atoms. The van der Waals surface area contributed by atoms with Crippen LogP contribution >= 0.6 is 0 Å². The van der Waals surface area contributed by atoms with Crippen molar-refractivity contribution in [3.63, 3.8) is 0 Å². The number of benzene rings is 1. The monoisotopic (exact) mass is 782 g/mol. The van der Waals surface area contributed by atoms with Gasteiger partial charge in [0, 0.05) is 57.1 Å². The van der Waals surface area contributed by atoms with Crippen LogP contribution in [0.5, 0.6) is 0 Å². The first kappa shape index (κ1) is 50.0. The van der Waals surface area contributed by atoms with Crippen LogP contribution in [0, 0.1) is 23.7 Å². The van der Waals surface area contributed by atoms with Crippen molar-refractivity contribution in [3.05, 3.63) is 89.2 Å². The summed E-state index contributed by atoms with van der Waals surface area (Å²) in [5.41, 5.74) is 19.2. The van der Waals surface area contributed by atoms with Crippen molar-refractivity contribution in [2.24, 2.45) is 16.7 Å². The highest BCUT2D eigenvalue weighted by molar-refractivity contribution is 5.90. The Morgan fingerprint density at radius 2 is 1.60 bits per heavy atom. The molecule has 1 aromatic carbocycles. The van der Waals surface area contributed by atoms with Gasteiger partial charge in [0.2, 0.25) is 0 Å². The first-order chi connectivity index (χ1) is 27.1. The van der Waals surface area contributed by atoms with E-state index in [1.54, 1.807) is 17.2 Å². The minimum atomic E-state index is 0.411. The number of anilines is 2. The molecule has 2 saturated heterocycles. The van der Waals surface area contributed by atoms with E-state index in [-0.39, 0.29) is 0 Å². The molecule has 1 unspecified atom stereocenters. The van der Waals surface area contributed by atoms with Crippen molar-refractivity contribution < 1.29 is 0 Å². The molecule has 0 amide bonds. The summed E-state index contributed by atoms with van der Waals surface area (Å²) in [4.78, 5) is 10.7. The fraction of sp³-hybridized carbons (Fsp3) is 0.635. The summed E-state index contributed by atoms with van der Waals surface area (Å²) in [6, 6.07) is 7.37. The number of aromatic nitrogens is 1. The standard InChI is InChI=1S/C39H57N5.C6H14.C3H6.C2H6.C2H4/c1-8-34-30(5)40-38(41-44-19-10-11-27(2)24-44)36(37(34)43-21-17-39(6,7)18-22-43)32-14-15-33-25-42(20-16-31(33)23-32)26-35-28(3)12-9-13-29(35)4;1-5-6(2,3)4;1-3-2;2*1-2/h12,14-15,23,27H,8-11,13,16-22,24-26H2,1-7H3,(H,40,41);5H2,1-4H3;3H,1H2,2H3;1-2H3;1-2H2. The molecular weight excluding hydrogens is 695 g/mol. The molecule has 1 atom stereocenters.